The Labute approximate surface area is 175 Å². The van der Waals surface area contributed by atoms with E-state index in [9.17, 15) is 4.79 Å². The number of hydrogen-bond donors (Lipinski definition) is 3. The molecule has 0 radical (unpaired) electrons. The molecule has 1 aromatic heterocycles. The van der Waals surface area contributed by atoms with Gasteiger partial charge in [0.25, 0.3) is 5.95 Å². The lowest BCUT2D eigenvalue weighted by Crippen LogP contribution is -2.17. The van der Waals surface area contributed by atoms with Gasteiger partial charge in [-0.15, -0.1) is 10.2 Å². The molecule has 8 nitrogen and oxygen atoms in total. The summed E-state index contributed by atoms with van der Waals surface area (Å²) in [6.07, 6.45) is 1.63. The molecule has 0 aliphatic carbocycles. The molecule has 0 unspecified atom stereocenters. The molecule has 0 atom stereocenters. The summed E-state index contributed by atoms with van der Waals surface area (Å²) in [5.74, 6) is 5.98. The summed E-state index contributed by atoms with van der Waals surface area (Å²) < 4.78 is 1.22. The first-order chi connectivity index (χ1) is 13.5. The monoisotopic (exact) mass is 435 g/mol. The Bertz CT molecular complexity index is 994. The zero-order chi connectivity index (χ0) is 19.9. The van der Waals surface area contributed by atoms with Crippen molar-refractivity contribution in [2.75, 3.05) is 22.3 Å². The highest BCUT2D eigenvalue weighted by Gasteiger charge is 2.13. The number of carbonyl (C=O) groups excluding carboxylic acids is 1. The third kappa shape index (κ3) is 5.38. The molecule has 0 aliphatic rings. The van der Waals surface area contributed by atoms with Crippen LogP contribution in [0.4, 0.5) is 11.6 Å². The zero-order valence-corrected chi connectivity index (χ0v) is 16.7. The number of aromatic nitrogens is 3. The van der Waals surface area contributed by atoms with Gasteiger partial charge in [-0.2, -0.15) is 5.10 Å². The summed E-state index contributed by atoms with van der Waals surface area (Å²) in [5.41, 5.74) is 4.11. The summed E-state index contributed by atoms with van der Waals surface area (Å²) in [6, 6.07) is 14.4. The number of rotatable bonds is 7. The van der Waals surface area contributed by atoms with Gasteiger partial charge in [0.2, 0.25) is 11.1 Å². The average molecular weight is 436 g/mol. The summed E-state index contributed by atoms with van der Waals surface area (Å²) >= 11 is 13.0. The summed E-state index contributed by atoms with van der Waals surface area (Å²) in [4.78, 5) is 12.1. The van der Waals surface area contributed by atoms with Gasteiger partial charge < -0.3 is 11.2 Å². The van der Waals surface area contributed by atoms with Crippen LogP contribution in [0.3, 0.4) is 0 Å². The number of amides is 1. The Kier molecular flexibility index (Phi) is 6.75. The molecule has 0 fully saturated rings. The summed E-state index contributed by atoms with van der Waals surface area (Å²) in [7, 11) is 0. The van der Waals surface area contributed by atoms with Crippen LogP contribution >= 0.6 is 35.0 Å². The van der Waals surface area contributed by atoms with Crippen molar-refractivity contribution in [2.45, 2.75) is 5.16 Å². The fraction of sp³-hybridized carbons (Fsp3) is 0.0588. The van der Waals surface area contributed by atoms with Gasteiger partial charge in [0.1, 0.15) is 0 Å². The quantitative estimate of drug-likeness (QED) is 0.226. The van der Waals surface area contributed by atoms with Gasteiger partial charge in [0.05, 0.1) is 22.7 Å². The van der Waals surface area contributed by atoms with E-state index in [-0.39, 0.29) is 17.6 Å². The van der Waals surface area contributed by atoms with Gasteiger partial charge in [-0.05, 0) is 23.8 Å². The molecule has 1 heterocycles. The van der Waals surface area contributed by atoms with Gasteiger partial charge in [0, 0.05) is 5.02 Å². The van der Waals surface area contributed by atoms with E-state index in [1.54, 1.807) is 24.4 Å². The van der Waals surface area contributed by atoms with Crippen molar-refractivity contribution in [3.63, 3.8) is 0 Å². The fourth-order valence-corrected chi connectivity index (χ4v) is 3.17. The van der Waals surface area contributed by atoms with Crippen molar-refractivity contribution >= 4 is 58.7 Å². The van der Waals surface area contributed by atoms with Gasteiger partial charge in [0.15, 0.2) is 0 Å². The summed E-state index contributed by atoms with van der Waals surface area (Å²) in [6.45, 7) is 0. The molecule has 3 rings (SSSR count). The van der Waals surface area contributed by atoms with E-state index in [1.165, 1.54) is 4.68 Å². The minimum Gasteiger partial charge on any atom is -0.334 e. The lowest BCUT2D eigenvalue weighted by molar-refractivity contribution is -0.113. The number of nitrogen functional groups attached to an aromatic ring is 1. The van der Waals surface area contributed by atoms with Crippen molar-refractivity contribution in [3.05, 3.63) is 64.1 Å². The van der Waals surface area contributed by atoms with Gasteiger partial charge in [-0.25, -0.2) is 10.1 Å². The van der Waals surface area contributed by atoms with Gasteiger partial charge >= 0.3 is 0 Å². The first kappa shape index (κ1) is 20.0. The number of anilines is 2. The molecule has 2 aromatic carbocycles. The number of nitrogens with two attached hydrogens (primary N) is 1. The van der Waals surface area contributed by atoms with Crippen molar-refractivity contribution in [2.24, 2.45) is 5.10 Å². The number of hydrogen-bond acceptors (Lipinski definition) is 7. The largest absolute Gasteiger partial charge is 0.334 e. The minimum absolute atomic E-state index is 0.0710. The molecule has 0 bridgehead atoms. The Balaban J connectivity index is 1.53. The molecule has 11 heteroatoms. The third-order valence-corrected chi connectivity index (χ3v) is 4.87. The second-order valence-corrected chi connectivity index (χ2v) is 7.20. The molecule has 1 amide bonds. The predicted octanol–water partition coefficient (Wildman–Crippen LogP) is 3.48. The molecule has 0 spiro atoms. The van der Waals surface area contributed by atoms with E-state index in [2.05, 4.69) is 26.0 Å². The molecular formula is C17H15Cl2N7OS. The number of thioether (sulfide) groups is 1. The molecular weight excluding hydrogens is 421 g/mol. The maximum absolute atomic E-state index is 12.1. The SMILES string of the molecule is Nn1c(N/N=C/c2ccccc2)nnc1SCC(=O)Nc1ccc(Cl)cc1Cl. The van der Waals surface area contributed by atoms with Gasteiger partial charge in [-0.1, -0.05) is 65.3 Å². The lowest BCUT2D eigenvalue weighted by atomic mass is 10.2. The second-order valence-electron chi connectivity index (χ2n) is 5.42. The smallest absolute Gasteiger partial charge is 0.264 e. The van der Waals surface area contributed by atoms with E-state index in [1.807, 2.05) is 30.3 Å². The predicted molar refractivity (Wildman–Crippen MR) is 114 cm³/mol. The van der Waals surface area contributed by atoms with Crippen LogP contribution in [-0.4, -0.2) is 32.7 Å². The Hall–Kier alpha value is -2.75. The Morgan fingerprint density at radius 2 is 2.00 bits per heavy atom. The Morgan fingerprint density at radius 1 is 1.21 bits per heavy atom. The van der Waals surface area contributed by atoms with Crippen LogP contribution in [0.2, 0.25) is 10.0 Å². The van der Waals surface area contributed by atoms with Crippen molar-refractivity contribution < 1.29 is 4.79 Å². The highest BCUT2D eigenvalue weighted by molar-refractivity contribution is 7.99. The van der Waals surface area contributed by atoms with Crippen LogP contribution in [0.1, 0.15) is 5.56 Å². The van der Waals surface area contributed by atoms with E-state index in [4.69, 9.17) is 29.0 Å². The number of hydrazone groups is 1. The van der Waals surface area contributed by atoms with E-state index < -0.39 is 0 Å². The lowest BCUT2D eigenvalue weighted by Gasteiger charge is -2.07. The van der Waals surface area contributed by atoms with Crippen molar-refractivity contribution in [1.29, 1.82) is 0 Å². The number of halogens is 2. The standard InChI is InChI=1S/C17H15Cl2N7OS/c18-12-6-7-14(13(19)8-12)22-15(27)10-28-17-25-24-16(26(17)20)23-21-9-11-4-2-1-3-5-11/h1-9H,10,20H2,(H,22,27)(H,23,24)/b21-9+. The summed E-state index contributed by atoms with van der Waals surface area (Å²) in [5, 5.41) is 15.8. The van der Waals surface area contributed by atoms with Crippen molar-refractivity contribution in [3.8, 4) is 0 Å². The van der Waals surface area contributed by atoms with Crippen LogP contribution in [0, 0.1) is 0 Å². The highest BCUT2D eigenvalue weighted by Crippen LogP contribution is 2.26. The normalized spacial score (nSPS) is 10.9. The first-order valence-electron chi connectivity index (χ1n) is 7.95. The Morgan fingerprint density at radius 3 is 2.75 bits per heavy atom. The first-order valence-corrected chi connectivity index (χ1v) is 9.69. The van der Waals surface area contributed by atoms with Crippen LogP contribution in [0.25, 0.3) is 0 Å². The molecule has 0 saturated heterocycles. The fourth-order valence-electron chi connectivity index (χ4n) is 2.06. The van der Waals surface area contributed by atoms with Gasteiger partial charge in [-0.3, -0.25) is 4.79 Å². The molecule has 4 N–H and O–H groups in total. The molecule has 28 heavy (non-hydrogen) atoms. The van der Waals surface area contributed by atoms with Crippen LogP contribution in [0.5, 0.6) is 0 Å². The maximum Gasteiger partial charge on any atom is 0.264 e. The third-order valence-electron chi connectivity index (χ3n) is 3.38. The molecule has 0 saturated carbocycles. The maximum atomic E-state index is 12.1. The molecule has 144 valence electrons. The number of nitrogens with one attached hydrogen (secondary N) is 2. The number of nitrogens with zero attached hydrogens (tertiary/aromatic N) is 4. The van der Waals surface area contributed by atoms with Crippen LogP contribution in [-0.2, 0) is 4.79 Å². The second kappa shape index (κ2) is 9.45. The van der Waals surface area contributed by atoms with Crippen LogP contribution in [0.15, 0.2) is 58.8 Å². The van der Waals surface area contributed by atoms with E-state index in [0.717, 1.165) is 17.3 Å². The average Bonchev–Trinajstić information content (AvgIpc) is 3.03. The van der Waals surface area contributed by atoms with E-state index >= 15 is 0 Å². The minimum atomic E-state index is -0.270. The highest BCUT2D eigenvalue weighted by atomic mass is 35.5. The number of carbonyl (C=O) groups is 1. The van der Waals surface area contributed by atoms with E-state index in [0.29, 0.717) is 20.9 Å². The van der Waals surface area contributed by atoms with Crippen molar-refractivity contribution in [1.82, 2.24) is 14.9 Å². The van der Waals surface area contributed by atoms with Crippen LogP contribution < -0.4 is 16.6 Å². The molecule has 3 aromatic rings. The molecule has 0 aliphatic heterocycles. The topological polar surface area (TPSA) is 110 Å². The zero-order valence-electron chi connectivity index (χ0n) is 14.3. The number of benzene rings is 2.